The van der Waals surface area contributed by atoms with Crippen LogP contribution in [-0.4, -0.2) is 31.5 Å². The Labute approximate surface area is 191 Å². The lowest BCUT2D eigenvalue weighted by Crippen LogP contribution is -2.45. The van der Waals surface area contributed by atoms with Crippen molar-refractivity contribution in [3.05, 3.63) is 88.5 Å². The Morgan fingerprint density at radius 2 is 1.64 bits per heavy atom. The van der Waals surface area contributed by atoms with Gasteiger partial charge in [-0.25, -0.2) is 8.42 Å². The maximum atomic E-state index is 12.9. The number of nitro benzene ring substituents is 1. The number of para-hydroxylation sites is 1. The van der Waals surface area contributed by atoms with Crippen molar-refractivity contribution in [2.75, 3.05) is 15.9 Å². The number of sulfonamides is 1. The fourth-order valence-electron chi connectivity index (χ4n) is 3.19. The molecule has 1 N–H and O–H groups in total. The number of nitrogens with one attached hydrogen (secondary N) is 1. The molecule has 0 aliphatic rings. The van der Waals surface area contributed by atoms with Crippen molar-refractivity contribution in [2.24, 2.45) is 0 Å². The molecule has 0 fully saturated rings. The van der Waals surface area contributed by atoms with E-state index >= 15 is 0 Å². The van der Waals surface area contributed by atoms with E-state index in [-0.39, 0.29) is 17.1 Å². The smallest absolute Gasteiger partial charge is 0.271 e. The summed E-state index contributed by atoms with van der Waals surface area (Å²) in [5.41, 5.74) is 0.935. The first-order valence-electron chi connectivity index (χ1n) is 9.94. The quantitative estimate of drug-likeness (QED) is 0.384. The van der Waals surface area contributed by atoms with Crippen molar-refractivity contribution >= 4 is 33.0 Å². The number of hydrogen-bond donors (Lipinski definition) is 1. The predicted octanol–water partition coefficient (Wildman–Crippen LogP) is 4.49. The third-order valence-corrected chi connectivity index (χ3v) is 6.09. The van der Waals surface area contributed by atoms with Gasteiger partial charge in [-0.2, -0.15) is 0 Å². The third-order valence-electron chi connectivity index (χ3n) is 4.85. The second kappa shape index (κ2) is 9.70. The van der Waals surface area contributed by atoms with E-state index in [1.54, 1.807) is 43.3 Å². The van der Waals surface area contributed by atoms with Gasteiger partial charge in [0.2, 0.25) is 15.9 Å². The number of hydrogen-bond acceptors (Lipinski definition) is 6. The molecule has 3 aromatic carbocycles. The van der Waals surface area contributed by atoms with Crippen LogP contribution in [0.5, 0.6) is 11.5 Å². The zero-order valence-corrected chi connectivity index (χ0v) is 19.1. The van der Waals surface area contributed by atoms with Crippen molar-refractivity contribution in [1.29, 1.82) is 0 Å². The maximum Gasteiger partial charge on any atom is 0.271 e. The van der Waals surface area contributed by atoms with Crippen LogP contribution in [0.2, 0.25) is 0 Å². The molecule has 0 aliphatic carbocycles. The summed E-state index contributed by atoms with van der Waals surface area (Å²) < 4.78 is 31.8. The van der Waals surface area contributed by atoms with E-state index < -0.39 is 26.9 Å². The van der Waals surface area contributed by atoms with Gasteiger partial charge in [0.1, 0.15) is 17.5 Å². The minimum atomic E-state index is -3.83. The van der Waals surface area contributed by atoms with Crippen molar-refractivity contribution < 1.29 is 22.9 Å². The Bertz CT molecular complexity index is 1260. The number of rotatable bonds is 8. The first-order chi connectivity index (χ1) is 15.6. The monoisotopic (exact) mass is 469 g/mol. The molecule has 0 radical (unpaired) electrons. The highest BCUT2D eigenvalue weighted by molar-refractivity contribution is 7.92. The molecule has 0 saturated carbocycles. The van der Waals surface area contributed by atoms with Crippen LogP contribution in [0, 0.1) is 17.0 Å². The number of carbonyl (C=O) groups is 1. The van der Waals surface area contributed by atoms with Crippen LogP contribution >= 0.6 is 0 Å². The fraction of sp³-hybridized carbons (Fsp3) is 0.174. The van der Waals surface area contributed by atoms with E-state index in [1.165, 1.54) is 25.1 Å². The molecule has 0 aromatic heterocycles. The van der Waals surface area contributed by atoms with Crippen LogP contribution < -0.4 is 14.4 Å². The SMILES string of the molecule is Cc1ccc([N+](=O)[O-])cc1NC(=O)[C@H](C)N(c1ccc(Oc2ccccc2)cc1)S(C)(=O)=O. The van der Waals surface area contributed by atoms with Gasteiger partial charge in [0.15, 0.2) is 0 Å². The molecule has 0 heterocycles. The number of non-ortho nitro benzene ring substituents is 1. The van der Waals surface area contributed by atoms with Gasteiger partial charge >= 0.3 is 0 Å². The number of carbonyl (C=O) groups excluding carboxylic acids is 1. The van der Waals surface area contributed by atoms with Crippen molar-refractivity contribution in [2.45, 2.75) is 19.9 Å². The number of aryl methyl sites for hydroxylation is 1. The molecule has 10 heteroatoms. The maximum absolute atomic E-state index is 12.9. The lowest BCUT2D eigenvalue weighted by molar-refractivity contribution is -0.384. The molecule has 172 valence electrons. The second-order valence-electron chi connectivity index (χ2n) is 7.39. The van der Waals surface area contributed by atoms with E-state index in [1.807, 2.05) is 18.2 Å². The first kappa shape index (κ1) is 23.7. The van der Waals surface area contributed by atoms with Gasteiger partial charge in [0.05, 0.1) is 22.6 Å². The topological polar surface area (TPSA) is 119 Å². The number of amides is 1. The molecule has 33 heavy (non-hydrogen) atoms. The molecule has 0 aliphatic heterocycles. The fourth-order valence-corrected chi connectivity index (χ4v) is 4.36. The van der Waals surface area contributed by atoms with Gasteiger partial charge in [-0.1, -0.05) is 24.3 Å². The molecule has 1 amide bonds. The van der Waals surface area contributed by atoms with Crippen molar-refractivity contribution in [3.63, 3.8) is 0 Å². The number of anilines is 2. The Morgan fingerprint density at radius 3 is 2.21 bits per heavy atom. The van der Waals surface area contributed by atoms with Crippen LogP contribution in [0.25, 0.3) is 0 Å². The van der Waals surface area contributed by atoms with Crippen LogP contribution in [0.3, 0.4) is 0 Å². The third kappa shape index (κ3) is 5.86. The van der Waals surface area contributed by atoms with Gasteiger partial charge in [-0.05, 0) is 55.8 Å². The summed E-state index contributed by atoms with van der Waals surface area (Å²) in [6.45, 7) is 3.13. The molecule has 1 atom stereocenters. The summed E-state index contributed by atoms with van der Waals surface area (Å²) in [5.74, 6) is 0.502. The highest BCUT2D eigenvalue weighted by Gasteiger charge is 2.29. The van der Waals surface area contributed by atoms with Gasteiger partial charge in [0, 0.05) is 12.1 Å². The molecule has 0 saturated heterocycles. The van der Waals surface area contributed by atoms with Crippen molar-refractivity contribution in [3.8, 4) is 11.5 Å². The molecule has 9 nitrogen and oxygen atoms in total. The highest BCUT2D eigenvalue weighted by Crippen LogP contribution is 2.28. The Balaban J connectivity index is 1.83. The number of benzene rings is 3. The van der Waals surface area contributed by atoms with E-state index in [0.29, 0.717) is 17.1 Å². The summed E-state index contributed by atoms with van der Waals surface area (Å²) in [6.07, 6.45) is 1.00. The first-order valence-corrected chi connectivity index (χ1v) is 11.8. The second-order valence-corrected chi connectivity index (χ2v) is 9.25. The van der Waals surface area contributed by atoms with E-state index in [2.05, 4.69) is 5.32 Å². The molecular weight excluding hydrogens is 446 g/mol. The summed E-state index contributed by atoms with van der Waals surface area (Å²) in [7, 11) is -3.83. The summed E-state index contributed by atoms with van der Waals surface area (Å²) in [5, 5.41) is 13.6. The lowest BCUT2D eigenvalue weighted by Gasteiger charge is -2.28. The minimum Gasteiger partial charge on any atom is -0.457 e. The van der Waals surface area contributed by atoms with Crippen LogP contribution in [0.4, 0.5) is 17.1 Å². The van der Waals surface area contributed by atoms with E-state index in [0.717, 1.165) is 10.6 Å². The normalized spacial score (nSPS) is 12.0. The summed E-state index contributed by atoms with van der Waals surface area (Å²) in [4.78, 5) is 23.4. The van der Waals surface area contributed by atoms with Gasteiger partial charge in [-0.15, -0.1) is 0 Å². The van der Waals surface area contributed by atoms with E-state index in [9.17, 15) is 23.3 Å². The molecule has 0 bridgehead atoms. The summed E-state index contributed by atoms with van der Waals surface area (Å²) >= 11 is 0. The van der Waals surface area contributed by atoms with Gasteiger partial charge < -0.3 is 10.1 Å². The Hall–Kier alpha value is -3.92. The predicted molar refractivity (Wildman–Crippen MR) is 126 cm³/mol. The average molecular weight is 470 g/mol. The highest BCUT2D eigenvalue weighted by atomic mass is 32.2. The van der Waals surface area contributed by atoms with Crippen molar-refractivity contribution in [1.82, 2.24) is 0 Å². The van der Waals surface area contributed by atoms with Gasteiger partial charge in [0.25, 0.3) is 5.69 Å². The lowest BCUT2D eigenvalue weighted by atomic mass is 10.1. The molecule has 0 spiro atoms. The number of ether oxygens (including phenoxy) is 1. The summed E-state index contributed by atoms with van der Waals surface area (Å²) in [6, 6.07) is 18.4. The minimum absolute atomic E-state index is 0.183. The van der Waals surface area contributed by atoms with Crippen LogP contribution in [-0.2, 0) is 14.8 Å². The number of nitrogens with zero attached hydrogens (tertiary/aromatic N) is 2. The molecule has 3 aromatic rings. The zero-order valence-electron chi connectivity index (χ0n) is 18.3. The number of nitro groups is 1. The largest absolute Gasteiger partial charge is 0.457 e. The standard InChI is InChI=1S/C23H23N3O6S/c1-16-9-10-19(26(28)29)15-22(16)24-23(27)17(2)25(33(3,30)31)18-11-13-21(14-12-18)32-20-7-5-4-6-8-20/h4-15,17H,1-3H3,(H,24,27)/t17-/m0/s1. The molecular formula is C23H23N3O6S. The molecule has 0 unspecified atom stereocenters. The average Bonchev–Trinajstić information content (AvgIpc) is 2.76. The molecule has 3 rings (SSSR count). The Kier molecular flexibility index (Phi) is 6.98. The van der Waals surface area contributed by atoms with Gasteiger partial charge in [-0.3, -0.25) is 19.2 Å². The zero-order chi connectivity index (χ0) is 24.2. The van der Waals surface area contributed by atoms with Crippen LogP contribution in [0.1, 0.15) is 12.5 Å². The van der Waals surface area contributed by atoms with E-state index in [4.69, 9.17) is 4.74 Å². The Morgan fingerprint density at radius 1 is 1.03 bits per heavy atom. The van der Waals surface area contributed by atoms with Crippen LogP contribution in [0.15, 0.2) is 72.8 Å².